The minimum atomic E-state index is -2.67. The van der Waals surface area contributed by atoms with Crippen LogP contribution in [0.4, 0.5) is 0 Å². The van der Waals surface area contributed by atoms with Crippen molar-refractivity contribution in [3.63, 3.8) is 0 Å². The average molecular weight is 438 g/mol. The van der Waals surface area contributed by atoms with Gasteiger partial charge in [-0.3, -0.25) is 4.79 Å². The predicted octanol–water partition coefficient (Wildman–Crippen LogP) is 3.24. The van der Waals surface area contributed by atoms with Gasteiger partial charge in [0.2, 0.25) is 5.91 Å². The van der Waals surface area contributed by atoms with Gasteiger partial charge in [0.1, 0.15) is 0 Å². The van der Waals surface area contributed by atoms with Gasteiger partial charge in [-0.1, -0.05) is 81.4 Å². The number of hydrogen-bond donors (Lipinski definition) is 0. The third kappa shape index (κ3) is 4.80. The van der Waals surface area contributed by atoms with Gasteiger partial charge in [-0.05, 0) is 21.8 Å². The van der Waals surface area contributed by atoms with E-state index in [1.807, 2.05) is 12.1 Å². The lowest BCUT2D eigenvalue weighted by molar-refractivity contribution is -0.134. The second-order valence-corrected chi connectivity index (χ2v) is 13.1. The Morgan fingerprint density at radius 2 is 1.61 bits per heavy atom. The van der Waals surface area contributed by atoms with Crippen LogP contribution < -0.4 is 10.4 Å². The molecule has 1 heterocycles. The smallest absolute Gasteiger partial charge is 0.331 e. The summed E-state index contributed by atoms with van der Waals surface area (Å²) in [6, 6.07) is 20.8. The van der Waals surface area contributed by atoms with E-state index in [-0.39, 0.29) is 17.0 Å². The number of likely N-dealkylation sites (tertiary alicyclic amines) is 1. The highest BCUT2D eigenvalue weighted by Crippen LogP contribution is 2.37. The summed E-state index contributed by atoms with van der Waals surface area (Å²) in [5.74, 6) is -0.484. The maximum Gasteiger partial charge on any atom is 0.331 e. The molecule has 1 atom stereocenters. The summed E-state index contributed by atoms with van der Waals surface area (Å²) in [5, 5.41) is 2.27. The second-order valence-electron chi connectivity index (χ2n) is 8.81. The third-order valence-corrected chi connectivity index (χ3v) is 10.9. The van der Waals surface area contributed by atoms with Gasteiger partial charge in [-0.2, -0.15) is 0 Å². The van der Waals surface area contributed by atoms with Gasteiger partial charge in [0, 0.05) is 18.7 Å². The molecule has 0 spiro atoms. The van der Waals surface area contributed by atoms with Crippen LogP contribution >= 0.6 is 0 Å². The molecule has 2 aromatic rings. The van der Waals surface area contributed by atoms with Crippen LogP contribution in [0.3, 0.4) is 0 Å². The quantitative estimate of drug-likeness (QED) is 0.379. The molecule has 5 nitrogen and oxygen atoms in total. The Bertz CT molecular complexity index is 882. The Hall–Kier alpha value is -2.70. The van der Waals surface area contributed by atoms with Crippen LogP contribution in [0.25, 0.3) is 0 Å². The van der Waals surface area contributed by atoms with Gasteiger partial charge in [-0.25, -0.2) is 4.79 Å². The number of benzene rings is 2. The lowest BCUT2D eigenvalue weighted by atomic mass is 10.2. The molecular formula is C25H31NO4Si. The van der Waals surface area contributed by atoms with Crippen LogP contribution in [0.2, 0.25) is 5.04 Å². The van der Waals surface area contributed by atoms with Crippen molar-refractivity contribution in [3.05, 3.63) is 72.9 Å². The molecule has 1 fully saturated rings. The summed E-state index contributed by atoms with van der Waals surface area (Å²) in [7, 11) is -1.35. The molecule has 164 valence electrons. The van der Waals surface area contributed by atoms with E-state index in [0.29, 0.717) is 19.4 Å². The Balaban J connectivity index is 1.97. The van der Waals surface area contributed by atoms with E-state index >= 15 is 0 Å². The van der Waals surface area contributed by atoms with Crippen LogP contribution in [-0.2, 0) is 18.8 Å². The topological polar surface area (TPSA) is 55.8 Å². The minimum Gasteiger partial charge on any atom is -0.466 e. The first-order chi connectivity index (χ1) is 14.8. The molecule has 0 aromatic heterocycles. The van der Waals surface area contributed by atoms with Crippen molar-refractivity contribution < 1.29 is 18.8 Å². The molecule has 0 radical (unpaired) electrons. The highest BCUT2D eigenvalue weighted by Gasteiger charge is 2.50. The number of hydrogen-bond acceptors (Lipinski definition) is 4. The molecule has 1 amide bonds. The molecule has 1 saturated heterocycles. The fraction of sp³-hybridized carbons (Fsp3) is 0.360. The molecular weight excluding hydrogens is 406 g/mol. The minimum absolute atomic E-state index is 0.00352. The third-order valence-electron chi connectivity index (χ3n) is 5.85. The fourth-order valence-corrected chi connectivity index (χ4v) is 8.92. The van der Waals surface area contributed by atoms with Crippen LogP contribution in [-0.4, -0.2) is 44.9 Å². The van der Waals surface area contributed by atoms with E-state index < -0.39 is 14.3 Å². The van der Waals surface area contributed by atoms with E-state index in [2.05, 4.69) is 74.0 Å². The second kappa shape index (κ2) is 9.62. The van der Waals surface area contributed by atoms with Crippen LogP contribution in [0, 0.1) is 0 Å². The normalized spacial score (nSPS) is 17.4. The van der Waals surface area contributed by atoms with Gasteiger partial charge < -0.3 is 14.1 Å². The molecule has 0 unspecified atom stereocenters. The van der Waals surface area contributed by atoms with Crippen molar-refractivity contribution in [2.45, 2.75) is 44.7 Å². The highest BCUT2D eigenvalue weighted by molar-refractivity contribution is 6.99. The Morgan fingerprint density at radius 3 is 2.10 bits per heavy atom. The SMILES string of the molecule is COC(=O)/C=C/N1C(=O)CC[C@H]1CO[Si](c1ccccc1)(c1ccccc1)C(C)(C)C. The standard InChI is InChI=1S/C25H31NO4Si/c1-25(2,3)31(21-11-7-5-8-12-21,22-13-9-6-10-14-22)30-19-20-15-16-23(27)26(20)18-17-24(28)29-4/h5-14,17-18,20H,15-16,19H2,1-4H3/b18-17+/t20-/m0/s1. The summed E-state index contributed by atoms with van der Waals surface area (Å²) >= 11 is 0. The van der Waals surface area contributed by atoms with Gasteiger partial charge >= 0.3 is 5.97 Å². The highest BCUT2D eigenvalue weighted by atomic mass is 28.4. The maximum absolute atomic E-state index is 12.4. The van der Waals surface area contributed by atoms with E-state index in [4.69, 9.17) is 4.43 Å². The molecule has 6 heteroatoms. The number of esters is 1. The van der Waals surface area contributed by atoms with E-state index in [9.17, 15) is 9.59 Å². The molecule has 31 heavy (non-hydrogen) atoms. The molecule has 0 saturated carbocycles. The monoisotopic (exact) mass is 437 g/mol. The van der Waals surface area contributed by atoms with Gasteiger partial charge in [0.25, 0.3) is 8.32 Å². The number of ether oxygens (including phenoxy) is 1. The van der Waals surface area contributed by atoms with Crippen molar-refractivity contribution in [2.75, 3.05) is 13.7 Å². The zero-order valence-electron chi connectivity index (χ0n) is 18.7. The number of amides is 1. The Kier molecular flexibility index (Phi) is 7.13. The molecule has 1 aliphatic rings. The van der Waals surface area contributed by atoms with Crippen molar-refractivity contribution in [1.29, 1.82) is 0 Å². The van der Waals surface area contributed by atoms with Crippen molar-refractivity contribution in [3.8, 4) is 0 Å². The zero-order valence-corrected chi connectivity index (χ0v) is 19.7. The number of carbonyl (C=O) groups excluding carboxylic acids is 2. The van der Waals surface area contributed by atoms with E-state index in [1.54, 1.807) is 4.90 Å². The van der Waals surface area contributed by atoms with E-state index in [1.165, 1.54) is 29.8 Å². The van der Waals surface area contributed by atoms with Gasteiger partial charge in [0.05, 0.1) is 19.8 Å². The largest absolute Gasteiger partial charge is 0.466 e. The van der Waals surface area contributed by atoms with Crippen LogP contribution in [0.15, 0.2) is 72.9 Å². The van der Waals surface area contributed by atoms with Crippen molar-refractivity contribution in [1.82, 2.24) is 4.90 Å². The van der Waals surface area contributed by atoms with Crippen molar-refractivity contribution >= 4 is 30.6 Å². The lowest BCUT2D eigenvalue weighted by Gasteiger charge is -2.43. The lowest BCUT2D eigenvalue weighted by Crippen LogP contribution is -2.67. The molecule has 0 aliphatic carbocycles. The molecule has 0 bridgehead atoms. The summed E-state index contributed by atoms with van der Waals surface area (Å²) in [4.78, 5) is 25.6. The molecule has 1 aliphatic heterocycles. The molecule has 0 N–H and O–H groups in total. The average Bonchev–Trinajstić information content (AvgIpc) is 3.12. The first kappa shape index (κ1) is 23.0. The van der Waals surface area contributed by atoms with Crippen LogP contribution in [0.5, 0.6) is 0 Å². The summed E-state index contributed by atoms with van der Waals surface area (Å²) in [5.41, 5.74) is 0. The molecule has 3 rings (SSSR count). The van der Waals surface area contributed by atoms with E-state index in [0.717, 1.165) is 0 Å². The predicted molar refractivity (Wildman–Crippen MR) is 125 cm³/mol. The van der Waals surface area contributed by atoms with Crippen molar-refractivity contribution in [2.24, 2.45) is 0 Å². The Labute approximate surface area is 185 Å². The molecule has 2 aromatic carbocycles. The summed E-state index contributed by atoms with van der Waals surface area (Å²) in [6.07, 6.45) is 3.96. The van der Waals surface area contributed by atoms with Crippen LogP contribution in [0.1, 0.15) is 33.6 Å². The zero-order chi connectivity index (χ0) is 22.5. The summed E-state index contributed by atoms with van der Waals surface area (Å²) in [6.45, 7) is 7.10. The first-order valence-corrected chi connectivity index (χ1v) is 12.5. The number of methoxy groups -OCH3 is 1. The summed E-state index contributed by atoms with van der Waals surface area (Å²) < 4.78 is 11.6. The number of carbonyl (C=O) groups is 2. The maximum atomic E-state index is 12.4. The number of rotatable bonds is 7. The Morgan fingerprint density at radius 1 is 1.06 bits per heavy atom. The first-order valence-electron chi connectivity index (χ1n) is 10.6. The van der Waals surface area contributed by atoms with Gasteiger partial charge in [0.15, 0.2) is 0 Å². The van der Waals surface area contributed by atoms with Gasteiger partial charge in [-0.15, -0.1) is 0 Å². The number of nitrogens with zero attached hydrogens (tertiary/aromatic N) is 1. The fourth-order valence-electron chi connectivity index (χ4n) is 4.32.